The second-order valence-corrected chi connectivity index (χ2v) is 7.50. The van der Waals surface area contributed by atoms with Gasteiger partial charge in [-0.05, 0) is 57.7 Å². The summed E-state index contributed by atoms with van der Waals surface area (Å²) < 4.78 is 11.2. The maximum absolute atomic E-state index is 12.6. The van der Waals surface area contributed by atoms with Gasteiger partial charge in [-0.1, -0.05) is 12.1 Å². The summed E-state index contributed by atoms with van der Waals surface area (Å²) in [6.45, 7) is 5.52. The molecule has 1 aliphatic heterocycles. The van der Waals surface area contributed by atoms with Crippen LogP contribution in [0.15, 0.2) is 36.4 Å². The molecule has 0 N–H and O–H groups in total. The molecule has 2 aromatic rings. The van der Waals surface area contributed by atoms with Crippen LogP contribution < -0.4 is 4.74 Å². The monoisotopic (exact) mass is 383 g/mol. The Morgan fingerprint density at radius 1 is 1.21 bits per heavy atom. The van der Waals surface area contributed by atoms with Crippen LogP contribution in [0, 0.1) is 0 Å². The first-order valence-corrected chi connectivity index (χ1v) is 10.0. The average Bonchev–Trinajstić information content (AvgIpc) is 3.21. The van der Waals surface area contributed by atoms with Crippen molar-refractivity contribution < 1.29 is 14.3 Å². The van der Waals surface area contributed by atoms with Crippen molar-refractivity contribution in [2.45, 2.75) is 51.7 Å². The molecule has 1 aliphatic rings. The zero-order valence-corrected chi connectivity index (χ0v) is 16.9. The number of carbonyl (C=O) groups excluding carboxylic acids is 1. The van der Waals surface area contributed by atoms with Crippen molar-refractivity contribution >= 4 is 5.91 Å². The van der Waals surface area contributed by atoms with Crippen LogP contribution in [-0.2, 0) is 4.74 Å². The quantitative estimate of drug-likeness (QED) is 0.690. The smallest absolute Gasteiger partial charge is 0.253 e. The molecule has 2 heterocycles. The number of rotatable bonds is 8. The molecule has 1 amide bonds. The fourth-order valence-corrected chi connectivity index (χ4v) is 3.31. The van der Waals surface area contributed by atoms with Gasteiger partial charge in [0.1, 0.15) is 0 Å². The van der Waals surface area contributed by atoms with Gasteiger partial charge >= 0.3 is 0 Å². The number of nitrogens with zero attached hydrogens (tertiary/aromatic N) is 3. The predicted molar refractivity (Wildman–Crippen MR) is 108 cm³/mol. The Hall–Kier alpha value is -2.47. The minimum Gasteiger partial charge on any atom is -0.474 e. The van der Waals surface area contributed by atoms with Crippen molar-refractivity contribution in [3.8, 4) is 17.1 Å². The molecule has 0 radical (unpaired) electrons. The number of amides is 1. The van der Waals surface area contributed by atoms with E-state index in [9.17, 15) is 4.79 Å². The molecule has 1 aromatic heterocycles. The molecule has 0 saturated carbocycles. The topological polar surface area (TPSA) is 64.5 Å². The van der Waals surface area contributed by atoms with E-state index < -0.39 is 0 Å². The van der Waals surface area contributed by atoms with E-state index in [0.29, 0.717) is 17.5 Å². The van der Waals surface area contributed by atoms with Gasteiger partial charge in [-0.25, -0.2) is 0 Å². The van der Waals surface area contributed by atoms with Crippen LogP contribution in [0.3, 0.4) is 0 Å². The summed E-state index contributed by atoms with van der Waals surface area (Å²) >= 11 is 0. The van der Waals surface area contributed by atoms with Crippen LogP contribution in [0.5, 0.6) is 5.88 Å². The van der Waals surface area contributed by atoms with Gasteiger partial charge in [0.2, 0.25) is 5.88 Å². The van der Waals surface area contributed by atoms with E-state index in [1.807, 2.05) is 57.3 Å². The third-order valence-electron chi connectivity index (χ3n) is 4.81. The minimum atomic E-state index is 0.0330. The third kappa shape index (κ3) is 5.52. The summed E-state index contributed by atoms with van der Waals surface area (Å²) in [5.74, 6) is 0.542. The van der Waals surface area contributed by atoms with Crippen molar-refractivity contribution in [1.82, 2.24) is 15.1 Å². The summed E-state index contributed by atoms with van der Waals surface area (Å²) in [4.78, 5) is 14.4. The van der Waals surface area contributed by atoms with Crippen LogP contribution in [0.2, 0.25) is 0 Å². The summed E-state index contributed by atoms with van der Waals surface area (Å²) in [5.41, 5.74) is 2.34. The van der Waals surface area contributed by atoms with E-state index in [2.05, 4.69) is 10.2 Å². The number of aromatic nitrogens is 2. The molecule has 1 saturated heterocycles. The van der Waals surface area contributed by atoms with Crippen molar-refractivity contribution in [3.05, 3.63) is 42.0 Å². The molecule has 3 rings (SSSR count). The first-order valence-electron chi connectivity index (χ1n) is 10.0. The molecule has 0 unspecified atom stereocenters. The lowest BCUT2D eigenvalue weighted by molar-refractivity contribution is 0.0763. The van der Waals surface area contributed by atoms with Gasteiger partial charge < -0.3 is 14.4 Å². The Morgan fingerprint density at radius 3 is 2.61 bits per heavy atom. The first-order chi connectivity index (χ1) is 13.5. The lowest BCUT2D eigenvalue weighted by atomic mass is 10.1. The van der Waals surface area contributed by atoms with Gasteiger partial charge in [0.15, 0.2) is 0 Å². The Labute approximate surface area is 166 Å². The van der Waals surface area contributed by atoms with E-state index in [4.69, 9.17) is 9.47 Å². The lowest BCUT2D eigenvalue weighted by Crippen LogP contribution is -2.28. The number of ether oxygens (including phenoxy) is 2. The van der Waals surface area contributed by atoms with Crippen molar-refractivity contribution in [1.29, 1.82) is 0 Å². The summed E-state index contributed by atoms with van der Waals surface area (Å²) in [6.07, 6.45) is 4.72. The van der Waals surface area contributed by atoms with E-state index in [1.54, 1.807) is 4.90 Å². The van der Waals surface area contributed by atoms with Crippen LogP contribution in [0.1, 0.15) is 49.9 Å². The maximum Gasteiger partial charge on any atom is 0.253 e. The first kappa shape index (κ1) is 20.3. The number of hydrogen-bond donors (Lipinski definition) is 0. The van der Waals surface area contributed by atoms with Crippen molar-refractivity contribution in [3.63, 3.8) is 0 Å². The van der Waals surface area contributed by atoms with Crippen LogP contribution in [-0.4, -0.2) is 53.4 Å². The predicted octanol–water partition coefficient (Wildman–Crippen LogP) is 3.96. The number of carbonyl (C=O) groups is 1. The van der Waals surface area contributed by atoms with Gasteiger partial charge in [-0.15, -0.1) is 10.2 Å². The molecule has 0 spiro atoms. The van der Waals surface area contributed by atoms with Gasteiger partial charge in [-0.3, -0.25) is 4.79 Å². The Morgan fingerprint density at radius 2 is 2.00 bits per heavy atom. The molecule has 0 aliphatic carbocycles. The number of hydrogen-bond acceptors (Lipinski definition) is 5. The molecular formula is C22H29N3O3. The van der Waals surface area contributed by atoms with E-state index in [-0.39, 0.29) is 12.0 Å². The Kier molecular flexibility index (Phi) is 6.98. The lowest BCUT2D eigenvalue weighted by Gasteiger charge is -2.18. The molecule has 0 bridgehead atoms. The second kappa shape index (κ2) is 9.64. The third-order valence-corrected chi connectivity index (χ3v) is 4.81. The fourth-order valence-electron chi connectivity index (χ4n) is 3.31. The summed E-state index contributed by atoms with van der Waals surface area (Å²) in [5, 5.41) is 8.30. The highest BCUT2D eigenvalue weighted by Crippen LogP contribution is 2.20. The van der Waals surface area contributed by atoms with E-state index >= 15 is 0 Å². The number of benzene rings is 1. The van der Waals surface area contributed by atoms with Gasteiger partial charge in [0.25, 0.3) is 5.91 Å². The maximum atomic E-state index is 12.6. The molecule has 6 heteroatoms. The molecule has 28 heavy (non-hydrogen) atoms. The molecule has 1 atom stereocenters. The summed E-state index contributed by atoms with van der Waals surface area (Å²) in [7, 11) is 1.85. The SMILES string of the molecule is CC(C)Oc1ccc(-c2ccc(C(=O)N(C)CCC[C@@H]3CCCO3)cc2)nn1. The van der Waals surface area contributed by atoms with Crippen LogP contribution in [0.25, 0.3) is 11.3 Å². The zero-order chi connectivity index (χ0) is 19.9. The van der Waals surface area contributed by atoms with Crippen LogP contribution >= 0.6 is 0 Å². The molecular weight excluding hydrogens is 354 g/mol. The van der Waals surface area contributed by atoms with E-state index in [0.717, 1.165) is 50.1 Å². The minimum absolute atomic E-state index is 0.0330. The molecule has 1 fully saturated rings. The molecule has 150 valence electrons. The Balaban J connectivity index is 1.54. The van der Waals surface area contributed by atoms with Gasteiger partial charge in [0.05, 0.1) is 17.9 Å². The highest BCUT2D eigenvalue weighted by molar-refractivity contribution is 5.94. The zero-order valence-electron chi connectivity index (χ0n) is 16.9. The molecule has 6 nitrogen and oxygen atoms in total. The highest BCUT2D eigenvalue weighted by atomic mass is 16.5. The summed E-state index contributed by atoms with van der Waals surface area (Å²) in [6, 6.07) is 11.2. The van der Waals surface area contributed by atoms with Crippen molar-refractivity contribution in [2.75, 3.05) is 20.2 Å². The largest absolute Gasteiger partial charge is 0.474 e. The standard InChI is InChI=1S/C22H29N3O3/c1-16(2)28-21-13-12-20(23-24-21)17-8-10-18(11-9-17)22(26)25(3)14-4-6-19-7-5-15-27-19/h8-13,16,19H,4-7,14-15H2,1-3H3/t19-/m1/s1. The highest BCUT2D eigenvalue weighted by Gasteiger charge is 2.17. The average molecular weight is 383 g/mol. The van der Waals surface area contributed by atoms with E-state index in [1.165, 1.54) is 0 Å². The second-order valence-electron chi connectivity index (χ2n) is 7.50. The molecule has 1 aromatic carbocycles. The normalized spacial score (nSPS) is 16.4. The van der Waals surface area contributed by atoms with Crippen LogP contribution in [0.4, 0.5) is 0 Å². The van der Waals surface area contributed by atoms with Gasteiger partial charge in [-0.2, -0.15) is 0 Å². The van der Waals surface area contributed by atoms with Gasteiger partial charge in [0, 0.05) is 37.4 Å². The fraction of sp³-hybridized carbons (Fsp3) is 0.500. The van der Waals surface area contributed by atoms with Crippen molar-refractivity contribution in [2.24, 2.45) is 0 Å². The Bertz CT molecular complexity index is 754.